The summed E-state index contributed by atoms with van der Waals surface area (Å²) in [4.78, 5) is 23.6. The van der Waals surface area contributed by atoms with Crippen LogP contribution in [0.25, 0.3) is 0 Å². The molecule has 0 unspecified atom stereocenters. The second kappa shape index (κ2) is 10.0. The zero-order chi connectivity index (χ0) is 18.1. The van der Waals surface area contributed by atoms with E-state index in [4.69, 9.17) is 25.8 Å². The fraction of sp³-hybridized carbons (Fsp3) is 0.529. The summed E-state index contributed by atoms with van der Waals surface area (Å²) in [5, 5.41) is 2.89. The first kappa shape index (κ1) is 20.1. The summed E-state index contributed by atoms with van der Waals surface area (Å²) in [7, 11) is 1.46. The van der Waals surface area contributed by atoms with Gasteiger partial charge in [0.1, 0.15) is 0 Å². The molecule has 0 spiro atoms. The highest BCUT2D eigenvalue weighted by Gasteiger charge is 2.18. The minimum absolute atomic E-state index is 0.0229. The summed E-state index contributed by atoms with van der Waals surface area (Å²) in [6.45, 7) is 5.84. The molecule has 6 nitrogen and oxygen atoms in total. The first-order valence-electron chi connectivity index (χ1n) is 7.85. The highest BCUT2D eigenvalue weighted by Crippen LogP contribution is 2.36. The molecule has 0 atom stereocenters. The van der Waals surface area contributed by atoms with Gasteiger partial charge in [0.15, 0.2) is 18.1 Å². The molecule has 1 rings (SSSR count). The van der Waals surface area contributed by atoms with Crippen LogP contribution in [-0.4, -0.2) is 38.2 Å². The van der Waals surface area contributed by atoms with E-state index in [-0.39, 0.29) is 29.1 Å². The lowest BCUT2D eigenvalue weighted by Crippen LogP contribution is -2.33. The van der Waals surface area contributed by atoms with Crippen LogP contribution in [0, 0.1) is 0 Å². The first-order chi connectivity index (χ1) is 11.4. The predicted octanol–water partition coefficient (Wildman–Crippen LogP) is 3.21. The van der Waals surface area contributed by atoms with Gasteiger partial charge in [0.2, 0.25) is 0 Å². The largest absolute Gasteiger partial charge is 0.493 e. The first-order valence-corrected chi connectivity index (χ1v) is 8.23. The molecule has 0 heterocycles. The van der Waals surface area contributed by atoms with E-state index in [9.17, 15) is 9.59 Å². The van der Waals surface area contributed by atoms with Crippen LogP contribution in [0.15, 0.2) is 12.1 Å². The molecule has 0 aliphatic heterocycles. The molecule has 1 amide bonds. The SMILES string of the molecule is CCCCOc1c(Cl)cc(C(=O)OCC(=O)NC(C)C)cc1OC. The van der Waals surface area contributed by atoms with E-state index in [0.29, 0.717) is 18.1 Å². The van der Waals surface area contributed by atoms with Gasteiger partial charge in [-0.15, -0.1) is 0 Å². The van der Waals surface area contributed by atoms with Crippen molar-refractivity contribution in [1.82, 2.24) is 5.32 Å². The van der Waals surface area contributed by atoms with E-state index in [2.05, 4.69) is 12.2 Å². The number of hydrogen-bond acceptors (Lipinski definition) is 5. The van der Waals surface area contributed by atoms with E-state index in [1.807, 2.05) is 13.8 Å². The maximum atomic E-state index is 12.1. The molecule has 0 aliphatic rings. The Bertz CT molecular complexity index is 574. The summed E-state index contributed by atoms with van der Waals surface area (Å²) >= 11 is 6.18. The molecule has 0 fully saturated rings. The average Bonchev–Trinajstić information content (AvgIpc) is 2.53. The number of halogens is 1. The molecule has 0 radical (unpaired) electrons. The number of nitrogens with one attached hydrogen (secondary N) is 1. The van der Waals surface area contributed by atoms with Crippen molar-refractivity contribution in [2.24, 2.45) is 0 Å². The maximum absolute atomic E-state index is 12.1. The molecule has 1 aromatic carbocycles. The van der Waals surface area contributed by atoms with Crippen molar-refractivity contribution < 1.29 is 23.8 Å². The molecular formula is C17H24ClNO5. The van der Waals surface area contributed by atoms with Crippen LogP contribution in [0.3, 0.4) is 0 Å². The smallest absolute Gasteiger partial charge is 0.338 e. The zero-order valence-corrected chi connectivity index (χ0v) is 15.2. The van der Waals surface area contributed by atoms with E-state index in [0.717, 1.165) is 12.8 Å². The van der Waals surface area contributed by atoms with Crippen LogP contribution < -0.4 is 14.8 Å². The molecule has 134 valence electrons. The predicted molar refractivity (Wildman–Crippen MR) is 92.0 cm³/mol. The molecule has 0 aliphatic carbocycles. The van der Waals surface area contributed by atoms with Crippen LogP contribution in [0.4, 0.5) is 0 Å². The third-order valence-corrected chi connectivity index (χ3v) is 3.27. The van der Waals surface area contributed by atoms with Crippen LogP contribution in [-0.2, 0) is 9.53 Å². The van der Waals surface area contributed by atoms with Crippen molar-refractivity contribution in [1.29, 1.82) is 0 Å². The Morgan fingerprint density at radius 2 is 2.00 bits per heavy atom. The van der Waals surface area contributed by atoms with Gasteiger partial charge in [-0.25, -0.2) is 4.79 Å². The van der Waals surface area contributed by atoms with Gasteiger partial charge < -0.3 is 19.5 Å². The van der Waals surface area contributed by atoms with Crippen molar-refractivity contribution in [2.75, 3.05) is 20.3 Å². The zero-order valence-electron chi connectivity index (χ0n) is 14.5. The van der Waals surface area contributed by atoms with Crippen molar-refractivity contribution >= 4 is 23.5 Å². The average molecular weight is 358 g/mol. The number of ether oxygens (including phenoxy) is 3. The number of carbonyl (C=O) groups excluding carboxylic acids is 2. The monoisotopic (exact) mass is 357 g/mol. The minimum Gasteiger partial charge on any atom is -0.493 e. The van der Waals surface area contributed by atoms with E-state index in [1.165, 1.54) is 19.2 Å². The molecular weight excluding hydrogens is 334 g/mol. The summed E-state index contributed by atoms with van der Waals surface area (Å²) in [6.07, 6.45) is 1.87. The van der Waals surface area contributed by atoms with Gasteiger partial charge >= 0.3 is 5.97 Å². The molecule has 0 bridgehead atoms. The lowest BCUT2D eigenvalue weighted by molar-refractivity contribution is -0.124. The minimum atomic E-state index is -0.658. The van der Waals surface area contributed by atoms with Crippen molar-refractivity contribution in [2.45, 2.75) is 39.7 Å². The molecule has 7 heteroatoms. The summed E-state index contributed by atoms with van der Waals surface area (Å²) in [6, 6.07) is 2.90. The topological polar surface area (TPSA) is 73.9 Å². The number of hydrogen-bond donors (Lipinski definition) is 1. The van der Waals surface area contributed by atoms with Gasteiger partial charge in [-0.3, -0.25) is 4.79 Å². The Morgan fingerprint density at radius 1 is 1.29 bits per heavy atom. The van der Waals surface area contributed by atoms with Gasteiger partial charge in [-0.1, -0.05) is 24.9 Å². The Hall–Kier alpha value is -1.95. The highest BCUT2D eigenvalue weighted by atomic mass is 35.5. The number of methoxy groups -OCH3 is 1. The molecule has 0 aromatic heterocycles. The third-order valence-electron chi connectivity index (χ3n) is 2.99. The number of unbranched alkanes of at least 4 members (excludes halogenated alkanes) is 1. The molecule has 0 saturated heterocycles. The van der Waals surface area contributed by atoms with Gasteiger partial charge in [-0.05, 0) is 32.4 Å². The van der Waals surface area contributed by atoms with Gasteiger partial charge in [0.25, 0.3) is 5.91 Å². The number of amides is 1. The highest BCUT2D eigenvalue weighted by molar-refractivity contribution is 6.32. The van der Waals surface area contributed by atoms with Crippen LogP contribution in [0.1, 0.15) is 44.0 Å². The molecule has 1 N–H and O–H groups in total. The van der Waals surface area contributed by atoms with Crippen molar-refractivity contribution in [3.05, 3.63) is 22.7 Å². The Labute approximate surface area is 147 Å². The lowest BCUT2D eigenvalue weighted by Gasteiger charge is -2.14. The maximum Gasteiger partial charge on any atom is 0.338 e. The van der Waals surface area contributed by atoms with Gasteiger partial charge in [0, 0.05) is 6.04 Å². The summed E-state index contributed by atoms with van der Waals surface area (Å²) in [5.41, 5.74) is 0.192. The quantitative estimate of drug-likeness (QED) is 0.542. The van der Waals surface area contributed by atoms with Gasteiger partial charge in [-0.2, -0.15) is 0 Å². The Balaban J connectivity index is 2.79. The number of rotatable bonds is 9. The van der Waals surface area contributed by atoms with Crippen LogP contribution in [0.5, 0.6) is 11.5 Å². The summed E-state index contributed by atoms with van der Waals surface area (Å²) < 4.78 is 15.8. The fourth-order valence-electron chi connectivity index (χ4n) is 1.87. The van der Waals surface area contributed by atoms with E-state index < -0.39 is 5.97 Å². The Morgan fingerprint density at radius 3 is 2.58 bits per heavy atom. The molecule has 24 heavy (non-hydrogen) atoms. The summed E-state index contributed by atoms with van der Waals surface area (Å²) in [5.74, 6) is -0.288. The number of esters is 1. The lowest BCUT2D eigenvalue weighted by atomic mass is 10.2. The van der Waals surface area contributed by atoms with Crippen molar-refractivity contribution in [3.8, 4) is 11.5 Å². The Kier molecular flexibility index (Phi) is 8.40. The number of carbonyl (C=O) groups is 2. The third kappa shape index (κ3) is 6.28. The molecule has 0 saturated carbocycles. The number of benzene rings is 1. The van der Waals surface area contributed by atoms with Crippen LogP contribution in [0.2, 0.25) is 5.02 Å². The van der Waals surface area contributed by atoms with Crippen LogP contribution >= 0.6 is 11.6 Å². The second-order valence-corrected chi connectivity index (χ2v) is 5.90. The van der Waals surface area contributed by atoms with E-state index >= 15 is 0 Å². The second-order valence-electron chi connectivity index (χ2n) is 5.49. The molecule has 1 aromatic rings. The standard InChI is InChI=1S/C17H24ClNO5/c1-5-6-7-23-16-13(18)8-12(9-14(16)22-4)17(21)24-10-15(20)19-11(2)3/h8-9,11H,5-7,10H2,1-4H3,(H,19,20). The van der Waals surface area contributed by atoms with Crippen molar-refractivity contribution in [3.63, 3.8) is 0 Å². The van der Waals surface area contributed by atoms with E-state index in [1.54, 1.807) is 0 Å². The fourth-order valence-corrected chi connectivity index (χ4v) is 2.14. The normalized spacial score (nSPS) is 10.4. The van der Waals surface area contributed by atoms with Gasteiger partial charge in [0.05, 0.1) is 24.3 Å².